The molecule has 1 aliphatic carbocycles. The number of nitrogens with two attached hydrogens (primary N) is 1. The summed E-state index contributed by atoms with van der Waals surface area (Å²) in [4.78, 5) is 12.2. The highest BCUT2D eigenvalue weighted by molar-refractivity contribution is 14.1. The summed E-state index contributed by atoms with van der Waals surface area (Å²) in [5.74, 6) is -0.0424. The molecule has 0 aliphatic heterocycles. The molecule has 1 amide bonds. The molecule has 0 saturated heterocycles. The van der Waals surface area contributed by atoms with Crippen molar-refractivity contribution in [1.82, 2.24) is 0 Å². The molecule has 0 atom stereocenters. The molecule has 4 heteroatoms. The number of halogens is 1. The van der Waals surface area contributed by atoms with E-state index in [-0.39, 0.29) is 5.91 Å². The molecule has 0 heterocycles. The zero-order valence-electron chi connectivity index (χ0n) is 9.71. The summed E-state index contributed by atoms with van der Waals surface area (Å²) in [6, 6.07) is 7.77. The van der Waals surface area contributed by atoms with Crippen molar-refractivity contribution in [2.45, 2.75) is 37.6 Å². The molecule has 1 fully saturated rings. The van der Waals surface area contributed by atoms with E-state index >= 15 is 0 Å². The smallest absolute Gasteiger partial charge is 0.244 e. The summed E-state index contributed by atoms with van der Waals surface area (Å²) in [5, 5.41) is 2.92. The van der Waals surface area contributed by atoms with Gasteiger partial charge in [0.2, 0.25) is 5.91 Å². The standard InChI is InChI=1S/C13H17IN2O/c14-10-5-4-6-11(9-10)16-12(17)13(15)7-2-1-3-8-13/h4-6,9H,1-3,7-8,15H2,(H,16,17). The maximum absolute atomic E-state index is 12.2. The van der Waals surface area contributed by atoms with Crippen LogP contribution >= 0.6 is 22.6 Å². The Kier molecular flexibility index (Phi) is 4.04. The average Bonchev–Trinajstić information content (AvgIpc) is 2.30. The third-order valence-corrected chi connectivity index (χ3v) is 3.95. The fourth-order valence-electron chi connectivity index (χ4n) is 2.23. The number of carbonyl (C=O) groups is 1. The molecule has 1 aliphatic rings. The number of anilines is 1. The van der Waals surface area contributed by atoms with Crippen LogP contribution in [0.15, 0.2) is 24.3 Å². The summed E-state index contributed by atoms with van der Waals surface area (Å²) in [5.41, 5.74) is 6.34. The van der Waals surface area contributed by atoms with Crippen molar-refractivity contribution in [3.05, 3.63) is 27.8 Å². The van der Waals surface area contributed by atoms with Gasteiger partial charge in [-0.15, -0.1) is 0 Å². The lowest BCUT2D eigenvalue weighted by atomic mass is 9.82. The third-order valence-electron chi connectivity index (χ3n) is 3.28. The number of carbonyl (C=O) groups excluding carboxylic acids is 1. The van der Waals surface area contributed by atoms with Crippen LogP contribution in [0.5, 0.6) is 0 Å². The highest BCUT2D eigenvalue weighted by atomic mass is 127. The van der Waals surface area contributed by atoms with Crippen LogP contribution in [-0.4, -0.2) is 11.4 Å². The molecule has 0 bridgehead atoms. The molecule has 0 unspecified atom stereocenters. The van der Waals surface area contributed by atoms with E-state index in [0.717, 1.165) is 34.9 Å². The first-order valence-corrected chi connectivity index (χ1v) is 7.04. The van der Waals surface area contributed by atoms with Crippen molar-refractivity contribution < 1.29 is 4.79 Å². The number of nitrogens with one attached hydrogen (secondary N) is 1. The van der Waals surface area contributed by atoms with Gasteiger partial charge < -0.3 is 11.1 Å². The van der Waals surface area contributed by atoms with Gasteiger partial charge in [0.15, 0.2) is 0 Å². The van der Waals surface area contributed by atoms with Gasteiger partial charge in [-0.2, -0.15) is 0 Å². The zero-order valence-corrected chi connectivity index (χ0v) is 11.9. The molecule has 1 aromatic carbocycles. The van der Waals surface area contributed by atoms with Crippen LogP contribution in [0.4, 0.5) is 5.69 Å². The Hall–Kier alpha value is -0.620. The second kappa shape index (κ2) is 5.35. The van der Waals surface area contributed by atoms with Gasteiger partial charge in [-0.05, 0) is 53.6 Å². The van der Waals surface area contributed by atoms with Gasteiger partial charge in [-0.3, -0.25) is 4.79 Å². The highest BCUT2D eigenvalue weighted by Crippen LogP contribution is 2.27. The normalized spacial score (nSPS) is 18.7. The highest BCUT2D eigenvalue weighted by Gasteiger charge is 2.35. The van der Waals surface area contributed by atoms with Crippen LogP contribution in [-0.2, 0) is 4.79 Å². The van der Waals surface area contributed by atoms with Crippen molar-refractivity contribution in [2.75, 3.05) is 5.32 Å². The molecule has 3 N–H and O–H groups in total. The third kappa shape index (κ3) is 3.19. The fourth-order valence-corrected chi connectivity index (χ4v) is 2.77. The Morgan fingerprint density at radius 2 is 2.00 bits per heavy atom. The van der Waals surface area contributed by atoms with Crippen molar-refractivity contribution in [3.8, 4) is 0 Å². The molecule has 2 rings (SSSR count). The Bertz CT molecular complexity index is 414. The van der Waals surface area contributed by atoms with Gasteiger partial charge in [0.1, 0.15) is 0 Å². The monoisotopic (exact) mass is 344 g/mol. The van der Waals surface area contributed by atoms with Crippen LogP contribution < -0.4 is 11.1 Å². The van der Waals surface area contributed by atoms with Gasteiger partial charge >= 0.3 is 0 Å². The summed E-state index contributed by atoms with van der Waals surface area (Å²) in [6.45, 7) is 0. The van der Waals surface area contributed by atoms with Crippen molar-refractivity contribution in [3.63, 3.8) is 0 Å². The van der Waals surface area contributed by atoms with Crippen LogP contribution in [0.25, 0.3) is 0 Å². The first-order valence-electron chi connectivity index (χ1n) is 5.96. The van der Waals surface area contributed by atoms with Crippen molar-refractivity contribution in [2.24, 2.45) is 5.73 Å². The molecular formula is C13H17IN2O. The van der Waals surface area contributed by atoms with E-state index in [2.05, 4.69) is 27.9 Å². The van der Waals surface area contributed by atoms with Crippen LogP contribution in [0.3, 0.4) is 0 Å². The van der Waals surface area contributed by atoms with E-state index in [1.165, 1.54) is 6.42 Å². The van der Waals surface area contributed by atoms with Gasteiger partial charge in [0.25, 0.3) is 0 Å². The van der Waals surface area contributed by atoms with Gasteiger partial charge in [0.05, 0.1) is 5.54 Å². The molecule has 0 spiro atoms. The summed E-state index contributed by atoms with van der Waals surface area (Å²) >= 11 is 2.23. The predicted octanol–water partition coefficient (Wildman–Crippen LogP) is 2.89. The molecule has 92 valence electrons. The molecule has 0 radical (unpaired) electrons. The second-order valence-corrected chi connectivity index (χ2v) is 5.93. The lowest BCUT2D eigenvalue weighted by Gasteiger charge is -2.31. The minimum Gasteiger partial charge on any atom is -0.324 e. The zero-order chi connectivity index (χ0) is 12.3. The SMILES string of the molecule is NC1(C(=O)Nc2cccc(I)c2)CCCCC1. The van der Waals surface area contributed by atoms with E-state index in [0.29, 0.717) is 0 Å². The number of amides is 1. The predicted molar refractivity (Wildman–Crippen MR) is 77.8 cm³/mol. The molecule has 1 aromatic rings. The van der Waals surface area contributed by atoms with Crippen molar-refractivity contribution >= 4 is 34.2 Å². The summed E-state index contributed by atoms with van der Waals surface area (Å²) in [7, 11) is 0. The van der Waals surface area contributed by atoms with Crippen LogP contribution in [0.2, 0.25) is 0 Å². The fraction of sp³-hybridized carbons (Fsp3) is 0.462. The van der Waals surface area contributed by atoms with Crippen LogP contribution in [0.1, 0.15) is 32.1 Å². The number of rotatable bonds is 2. The van der Waals surface area contributed by atoms with E-state index in [9.17, 15) is 4.79 Å². The minimum absolute atomic E-state index is 0.0424. The molecule has 1 saturated carbocycles. The maximum atomic E-state index is 12.2. The van der Waals surface area contributed by atoms with E-state index in [1.54, 1.807) is 0 Å². The number of benzene rings is 1. The lowest BCUT2D eigenvalue weighted by molar-refractivity contribution is -0.122. The molecule has 17 heavy (non-hydrogen) atoms. The number of hydrogen-bond acceptors (Lipinski definition) is 2. The summed E-state index contributed by atoms with van der Waals surface area (Å²) < 4.78 is 1.11. The van der Waals surface area contributed by atoms with Gasteiger partial charge in [-0.1, -0.05) is 25.3 Å². The Balaban J connectivity index is 2.05. The maximum Gasteiger partial charge on any atom is 0.244 e. The Labute approximate surface area is 115 Å². The Morgan fingerprint density at radius 1 is 1.29 bits per heavy atom. The van der Waals surface area contributed by atoms with Gasteiger partial charge in [0, 0.05) is 9.26 Å². The van der Waals surface area contributed by atoms with Crippen LogP contribution in [0, 0.1) is 3.57 Å². The summed E-state index contributed by atoms with van der Waals surface area (Å²) in [6.07, 6.45) is 4.88. The molecular weight excluding hydrogens is 327 g/mol. The quantitative estimate of drug-likeness (QED) is 0.811. The topological polar surface area (TPSA) is 55.1 Å². The lowest BCUT2D eigenvalue weighted by Crippen LogP contribution is -2.52. The first kappa shape index (κ1) is 12.8. The molecule has 0 aromatic heterocycles. The number of hydrogen-bond donors (Lipinski definition) is 2. The average molecular weight is 344 g/mol. The van der Waals surface area contributed by atoms with E-state index in [4.69, 9.17) is 5.73 Å². The second-order valence-electron chi connectivity index (χ2n) is 4.68. The van der Waals surface area contributed by atoms with Crippen molar-refractivity contribution in [1.29, 1.82) is 0 Å². The van der Waals surface area contributed by atoms with Gasteiger partial charge in [-0.25, -0.2) is 0 Å². The molecule has 3 nitrogen and oxygen atoms in total. The Morgan fingerprint density at radius 3 is 2.65 bits per heavy atom. The largest absolute Gasteiger partial charge is 0.324 e. The van der Waals surface area contributed by atoms with E-state index < -0.39 is 5.54 Å². The minimum atomic E-state index is -0.667. The van der Waals surface area contributed by atoms with E-state index in [1.807, 2.05) is 24.3 Å². The first-order chi connectivity index (χ1) is 8.10.